The minimum atomic E-state index is -1.77. The Hall–Kier alpha value is -3.79. The lowest BCUT2D eigenvalue weighted by Crippen LogP contribution is -2.61. The highest BCUT2D eigenvalue weighted by molar-refractivity contribution is 5.96. The highest BCUT2D eigenvalue weighted by Crippen LogP contribution is 2.10. The fourth-order valence-corrected chi connectivity index (χ4v) is 3.67. The van der Waals surface area contributed by atoms with Gasteiger partial charge in [0.25, 0.3) is 0 Å². The smallest absolute Gasteiger partial charge is 0.326 e. The van der Waals surface area contributed by atoms with E-state index in [0.29, 0.717) is 6.42 Å². The molecule has 41 heavy (non-hydrogen) atoms. The molecule has 16 heteroatoms. The Morgan fingerprint density at radius 1 is 0.707 bits per heavy atom. The van der Waals surface area contributed by atoms with E-state index in [1.807, 2.05) is 0 Å². The van der Waals surface area contributed by atoms with E-state index >= 15 is 0 Å². The average molecular weight is 590 g/mol. The van der Waals surface area contributed by atoms with Crippen LogP contribution in [0.2, 0.25) is 0 Å². The van der Waals surface area contributed by atoms with Gasteiger partial charge in [0.1, 0.15) is 24.2 Å². The SMILES string of the molecule is CC[C@H](C)[C@H](NC(=O)[C@H](CCC(=O)O)NC(=O)[C@@H](NC(=O)[C@H](CC(=O)O)NC(=O)[C@@H](N)CC(C)C)[C@@H](C)O)C(=O)O. The lowest BCUT2D eigenvalue weighted by Gasteiger charge is -2.28. The second-order valence-electron chi connectivity index (χ2n) is 10.3. The molecule has 0 saturated carbocycles. The van der Waals surface area contributed by atoms with Crippen LogP contribution in [0.25, 0.3) is 0 Å². The van der Waals surface area contributed by atoms with Gasteiger partial charge in [0, 0.05) is 6.42 Å². The van der Waals surface area contributed by atoms with E-state index in [9.17, 15) is 48.9 Å². The summed E-state index contributed by atoms with van der Waals surface area (Å²) in [4.78, 5) is 85.3. The molecular weight excluding hydrogens is 546 g/mol. The maximum Gasteiger partial charge on any atom is 0.326 e. The summed E-state index contributed by atoms with van der Waals surface area (Å²) >= 11 is 0. The molecular formula is C25H43N5O11. The van der Waals surface area contributed by atoms with Crippen LogP contribution in [0.5, 0.6) is 0 Å². The van der Waals surface area contributed by atoms with Crippen molar-refractivity contribution in [2.45, 2.75) is 103 Å². The summed E-state index contributed by atoms with van der Waals surface area (Å²) in [5, 5.41) is 46.8. The molecule has 0 aliphatic heterocycles. The van der Waals surface area contributed by atoms with E-state index in [0.717, 1.165) is 6.92 Å². The first-order valence-electron chi connectivity index (χ1n) is 13.2. The number of nitrogens with one attached hydrogen (secondary N) is 4. The number of carboxylic acid groups (broad SMARTS) is 3. The van der Waals surface area contributed by atoms with Gasteiger partial charge in [-0.2, -0.15) is 0 Å². The van der Waals surface area contributed by atoms with Crippen LogP contribution in [-0.4, -0.2) is 98.3 Å². The van der Waals surface area contributed by atoms with Crippen molar-refractivity contribution < 1.29 is 54.0 Å². The van der Waals surface area contributed by atoms with Crippen molar-refractivity contribution in [3.05, 3.63) is 0 Å². The van der Waals surface area contributed by atoms with Gasteiger partial charge in [-0.3, -0.25) is 28.8 Å². The van der Waals surface area contributed by atoms with Gasteiger partial charge in [-0.15, -0.1) is 0 Å². The molecule has 4 amide bonds. The molecule has 16 nitrogen and oxygen atoms in total. The molecule has 0 rings (SSSR count). The number of carboxylic acids is 3. The van der Waals surface area contributed by atoms with Crippen molar-refractivity contribution in [3.63, 3.8) is 0 Å². The summed E-state index contributed by atoms with van der Waals surface area (Å²) in [7, 11) is 0. The summed E-state index contributed by atoms with van der Waals surface area (Å²) in [5.41, 5.74) is 5.80. The Balaban J connectivity index is 5.87. The van der Waals surface area contributed by atoms with Crippen LogP contribution < -0.4 is 27.0 Å². The van der Waals surface area contributed by atoms with E-state index in [2.05, 4.69) is 21.3 Å². The Bertz CT molecular complexity index is 956. The zero-order chi connectivity index (χ0) is 32.0. The number of carbonyl (C=O) groups is 7. The van der Waals surface area contributed by atoms with Crippen LogP contribution in [0.3, 0.4) is 0 Å². The first kappa shape index (κ1) is 37.2. The Kier molecular flexibility index (Phi) is 16.2. The molecule has 0 fully saturated rings. The van der Waals surface area contributed by atoms with E-state index < -0.39 is 103 Å². The van der Waals surface area contributed by atoms with Crippen LogP contribution in [0.15, 0.2) is 0 Å². The largest absolute Gasteiger partial charge is 0.481 e. The molecule has 0 aromatic carbocycles. The maximum absolute atomic E-state index is 13.0. The van der Waals surface area contributed by atoms with Gasteiger partial charge in [0.05, 0.1) is 18.6 Å². The predicted molar refractivity (Wildman–Crippen MR) is 143 cm³/mol. The summed E-state index contributed by atoms with van der Waals surface area (Å²) in [5.74, 6) is -8.70. The standard InChI is InChI=1S/C25H43N5O11/c1-6-12(4)19(25(40)41)29-22(37)15(7-8-17(32)33)27-24(39)20(13(5)31)30-23(38)16(10-18(34)35)28-21(36)14(26)9-11(2)3/h11-16,19-20,31H,6-10,26H2,1-5H3,(H,27,39)(H,28,36)(H,29,37)(H,30,38)(H,32,33)(H,34,35)(H,40,41)/t12-,13+,14-,15-,16-,19-,20-/m0/s1. The lowest BCUT2D eigenvalue weighted by atomic mass is 9.98. The molecule has 0 saturated heterocycles. The number of nitrogens with two attached hydrogens (primary N) is 1. The molecule has 0 unspecified atom stereocenters. The van der Waals surface area contributed by atoms with Crippen LogP contribution >= 0.6 is 0 Å². The van der Waals surface area contributed by atoms with Gasteiger partial charge in [0.2, 0.25) is 23.6 Å². The topological polar surface area (TPSA) is 275 Å². The maximum atomic E-state index is 13.0. The first-order valence-corrected chi connectivity index (χ1v) is 13.2. The molecule has 0 bridgehead atoms. The highest BCUT2D eigenvalue weighted by atomic mass is 16.4. The number of rotatable bonds is 19. The van der Waals surface area contributed by atoms with Crippen LogP contribution in [0.4, 0.5) is 0 Å². The second kappa shape index (κ2) is 17.8. The number of hydrogen-bond acceptors (Lipinski definition) is 9. The highest BCUT2D eigenvalue weighted by Gasteiger charge is 2.35. The molecule has 234 valence electrons. The van der Waals surface area contributed by atoms with Crippen LogP contribution in [0, 0.1) is 11.8 Å². The third-order valence-electron chi connectivity index (χ3n) is 6.19. The average Bonchev–Trinajstić information content (AvgIpc) is 2.85. The fraction of sp³-hybridized carbons (Fsp3) is 0.720. The zero-order valence-corrected chi connectivity index (χ0v) is 23.9. The minimum Gasteiger partial charge on any atom is -0.481 e. The minimum absolute atomic E-state index is 0.0213. The van der Waals surface area contributed by atoms with Gasteiger partial charge in [-0.05, 0) is 31.6 Å². The normalized spacial score (nSPS) is 16.2. The first-order chi connectivity index (χ1) is 18.9. The number of carbonyl (C=O) groups excluding carboxylic acids is 4. The lowest BCUT2D eigenvalue weighted by molar-refractivity contribution is -0.144. The van der Waals surface area contributed by atoms with Crippen molar-refractivity contribution >= 4 is 41.5 Å². The van der Waals surface area contributed by atoms with Gasteiger partial charge >= 0.3 is 17.9 Å². The summed E-state index contributed by atoms with van der Waals surface area (Å²) in [6.07, 6.45) is -2.89. The van der Waals surface area contributed by atoms with Crippen molar-refractivity contribution in [2.75, 3.05) is 0 Å². The van der Waals surface area contributed by atoms with Crippen molar-refractivity contribution in [2.24, 2.45) is 17.6 Å². The van der Waals surface area contributed by atoms with E-state index in [1.165, 1.54) is 0 Å². The molecule has 0 aliphatic rings. The van der Waals surface area contributed by atoms with Gasteiger partial charge in [0.15, 0.2) is 0 Å². The van der Waals surface area contributed by atoms with E-state index in [4.69, 9.17) is 10.8 Å². The van der Waals surface area contributed by atoms with E-state index in [1.54, 1.807) is 27.7 Å². The second-order valence-corrected chi connectivity index (χ2v) is 10.3. The molecule has 7 atom stereocenters. The van der Waals surface area contributed by atoms with Crippen molar-refractivity contribution in [3.8, 4) is 0 Å². The number of aliphatic carboxylic acids is 3. The third-order valence-corrected chi connectivity index (χ3v) is 6.19. The monoisotopic (exact) mass is 589 g/mol. The van der Waals surface area contributed by atoms with E-state index in [-0.39, 0.29) is 12.3 Å². The molecule has 0 aromatic rings. The summed E-state index contributed by atoms with van der Waals surface area (Å²) in [6, 6.07) is -7.40. The fourth-order valence-electron chi connectivity index (χ4n) is 3.67. The molecule has 0 aromatic heterocycles. The predicted octanol–water partition coefficient (Wildman–Crippen LogP) is -1.85. The quantitative estimate of drug-likeness (QED) is 0.0803. The Morgan fingerprint density at radius 2 is 1.22 bits per heavy atom. The molecule has 10 N–H and O–H groups in total. The van der Waals surface area contributed by atoms with Gasteiger partial charge in [-0.1, -0.05) is 34.1 Å². The molecule has 0 spiro atoms. The number of aliphatic hydroxyl groups excluding tert-OH is 1. The molecule has 0 aliphatic carbocycles. The number of aliphatic hydroxyl groups is 1. The zero-order valence-electron chi connectivity index (χ0n) is 23.9. The van der Waals surface area contributed by atoms with Gasteiger partial charge < -0.3 is 47.4 Å². The Morgan fingerprint density at radius 3 is 1.66 bits per heavy atom. The van der Waals surface area contributed by atoms with Gasteiger partial charge in [-0.25, -0.2) is 4.79 Å². The molecule has 0 radical (unpaired) electrons. The van der Waals surface area contributed by atoms with Crippen LogP contribution in [-0.2, 0) is 33.6 Å². The third kappa shape index (κ3) is 13.9. The summed E-state index contributed by atoms with van der Waals surface area (Å²) in [6.45, 7) is 7.99. The van der Waals surface area contributed by atoms with Crippen LogP contribution in [0.1, 0.15) is 66.7 Å². The number of amides is 4. The summed E-state index contributed by atoms with van der Waals surface area (Å²) < 4.78 is 0. The van der Waals surface area contributed by atoms with Crippen molar-refractivity contribution in [1.29, 1.82) is 0 Å². The Labute approximate surface area is 237 Å². The molecule has 0 heterocycles. The van der Waals surface area contributed by atoms with Crippen molar-refractivity contribution in [1.82, 2.24) is 21.3 Å². The number of hydrogen-bond donors (Lipinski definition) is 9.